The molecule has 0 unspecified atom stereocenters. The van der Waals surface area contributed by atoms with E-state index in [2.05, 4.69) is 26.5 Å². The Morgan fingerprint density at radius 1 is 1.11 bits per heavy atom. The molecule has 184 valence electrons. The van der Waals surface area contributed by atoms with Crippen LogP contribution in [0.2, 0.25) is 0 Å². The number of carbonyl (C=O) groups is 1. The monoisotopic (exact) mass is 490 g/mol. The second-order valence-electron chi connectivity index (χ2n) is 8.42. The predicted octanol–water partition coefficient (Wildman–Crippen LogP) is 3.14. The Morgan fingerprint density at radius 3 is 2.43 bits per heavy atom. The zero-order chi connectivity index (χ0) is 24.7. The van der Waals surface area contributed by atoms with Crippen LogP contribution in [0.5, 0.6) is 5.75 Å². The number of carbonyl (C=O) groups excluding carboxylic acids is 1. The second kappa shape index (κ2) is 8.84. The molecule has 3 aromatic rings. The van der Waals surface area contributed by atoms with Gasteiger partial charge in [-0.05, 0) is 30.3 Å². The lowest BCUT2D eigenvalue weighted by molar-refractivity contribution is -0.274. The van der Waals surface area contributed by atoms with Crippen molar-refractivity contribution in [3.05, 3.63) is 54.6 Å². The number of fused-ring (bicyclic) bond motifs is 1. The van der Waals surface area contributed by atoms with Crippen molar-refractivity contribution in [2.75, 3.05) is 44.2 Å². The Labute approximate surface area is 197 Å². The lowest BCUT2D eigenvalue weighted by atomic mass is 9.93. The van der Waals surface area contributed by atoms with E-state index >= 15 is 0 Å². The number of benzene rings is 1. The molecule has 0 saturated carbocycles. The number of nitrogens with zero attached hydrogens (tertiary/aromatic N) is 5. The van der Waals surface area contributed by atoms with E-state index in [1.165, 1.54) is 29.2 Å². The van der Waals surface area contributed by atoms with Gasteiger partial charge in [0.05, 0.1) is 22.5 Å². The molecule has 0 bridgehead atoms. The first-order valence-corrected chi connectivity index (χ1v) is 11.0. The van der Waals surface area contributed by atoms with Gasteiger partial charge in [0.15, 0.2) is 11.5 Å². The fraction of sp³-hybridized carbons (Fsp3) is 0.348. The van der Waals surface area contributed by atoms with Crippen molar-refractivity contribution >= 4 is 22.6 Å². The third kappa shape index (κ3) is 4.53. The summed E-state index contributed by atoms with van der Waals surface area (Å²) in [4.78, 5) is 20.1. The minimum absolute atomic E-state index is 0.152. The molecular weight excluding hydrogens is 468 g/mol. The largest absolute Gasteiger partial charge is 0.573 e. The fourth-order valence-corrected chi connectivity index (χ4v) is 4.47. The maximum Gasteiger partial charge on any atom is 0.573 e. The van der Waals surface area contributed by atoms with Gasteiger partial charge in [-0.15, -0.1) is 13.2 Å². The third-order valence-electron chi connectivity index (χ3n) is 6.13. The number of amides is 1. The number of hydrogen-bond donors (Lipinski definition) is 1. The Hall–Kier alpha value is -3.67. The zero-order valence-corrected chi connectivity index (χ0v) is 18.6. The minimum Gasteiger partial charge on any atom is -0.406 e. The number of ether oxygens (including phenoxy) is 1. The maximum atomic E-state index is 13.3. The van der Waals surface area contributed by atoms with Crippen LogP contribution in [-0.4, -0.2) is 71.2 Å². The summed E-state index contributed by atoms with van der Waals surface area (Å²) in [6, 6.07) is 7.29. The first-order valence-electron chi connectivity index (χ1n) is 11.0. The summed E-state index contributed by atoms with van der Waals surface area (Å²) in [5.41, 5.74) is 2.69. The number of hydrogen-bond acceptors (Lipinski definition) is 6. The van der Waals surface area contributed by atoms with Gasteiger partial charge in [0.25, 0.3) is 5.91 Å². The van der Waals surface area contributed by atoms with E-state index in [0.29, 0.717) is 17.0 Å². The Bertz CT molecular complexity index is 1260. The number of anilines is 1. The number of aromatic nitrogens is 3. The molecule has 12 heteroatoms. The van der Waals surface area contributed by atoms with Crippen molar-refractivity contribution in [3.63, 3.8) is 0 Å². The highest BCUT2D eigenvalue weighted by molar-refractivity contribution is 5.95. The summed E-state index contributed by atoms with van der Waals surface area (Å²) in [6.45, 7) is 6.83. The zero-order valence-electron chi connectivity index (χ0n) is 18.6. The number of alkyl halides is 3. The highest BCUT2D eigenvalue weighted by atomic mass is 19.4. The molecule has 8 nitrogen and oxygen atoms in total. The number of rotatable bonds is 5. The van der Waals surface area contributed by atoms with Crippen LogP contribution in [0.15, 0.2) is 48.9 Å². The molecule has 0 spiro atoms. The first-order chi connectivity index (χ1) is 16.7. The molecule has 0 atom stereocenters. The molecule has 0 radical (unpaired) electrons. The molecule has 5 rings (SSSR count). The lowest BCUT2D eigenvalue weighted by Gasteiger charge is -2.38. The van der Waals surface area contributed by atoms with Crippen molar-refractivity contribution in [2.45, 2.75) is 12.3 Å². The van der Waals surface area contributed by atoms with Gasteiger partial charge >= 0.3 is 6.36 Å². The van der Waals surface area contributed by atoms with Gasteiger partial charge in [0.1, 0.15) is 5.75 Å². The van der Waals surface area contributed by atoms with Gasteiger partial charge in [0, 0.05) is 51.4 Å². The lowest BCUT2D eigenvalue weighted by Crippen LogP contribution is -2.49. The Morgan fingerprint density at radius 2 is 1.80 bits per heavy atom. The van der Waals surface area contributed by atoms with Crippen molar-refractivity contribution in [2.24, 2.45) is 0 Å². The summed E-state index contributed by atoms with van der Waals surface area (Å²) >= 11 is 0. The average molecular weight is 490 g/mol. The van der Waals surface area contributed by atoms with E-state index in [-0.39, 0.29) is 24.8 Å². The number of pyridine rings is 1. The van der Waals surface area contributed by atoms with Crippen LogP contribution in [0.4, 0.5) is 23.2 Å². The van der Waals surface area contributed by atoms with E-state index in [1.807, 2.05) is 6.07 Å². The van der Waals surface area contributed by atoms with Crippen LogP contribution < -0.4 is 15.0 Å². The molecule has 2 saturated heterocycles. The Kier molecular flexibility index (Phi) is 5.83. The molecule has 1 amide bonds. The summed E-state index contributed by atoms with van der Waals surface area (Å²) in [5, 5.41) is 8.90. The quantitative estimate of drug-likeness (QED) is 0.438. The highest BCUT2D eigenvalue weighted by Gasteiger charge is 2.37. The molecule has 2 aromatic heterocycles. The standard InChI is InChI=1S/C23H22F4N6O2/c1-14(24)22(34)32-12-15(13-32)20-19-18(31-10-8-28-9-11-31)6-7-29-21(19)33(30-20)16-2-4-17(5-3-16)35-23(25,26)27/h2-7,15,28H,1,8-13H2. The van der Waals surface area contributed by atoms with Crippen molar-refractivity contribution in [3.8, 4) is 11.4 Å². The van der Waals surface area contributed by atoms with Gasteiger partial charge < -0.3 is 19.9 Å². The number of nitrogens with one attached hydrogen (secondary N) is 1. The normalized spacial score (nSPS) is 16.9. The Balaban J connectivity index is 1.55. The summed E-state index contributed by atoms with van der Waals surface area (Å²) < 4.78 is 56.5. The van der Waals surface area contributed by atoms with Gasteiger partial charge in [-0.25, -0.2) is 14.1 Å². The van der Waals surface area contributed by atoms with Crippen molar-refractivity contribution in [1.82, 2.24) is 25.0 Å². The van der Waals surface area contributed by atoms with Crippen LogP contribution in [0, 0.1) is 0 Å². The van der Waals surface area contributed by atoms with Crippen LogP contribution >= 0.6 is 0 Å². The van der Waals surface area contributed by atoms with E-state index < -0.39 is 18.1 Å². The van der Waals surface area contributed by atoms with E-state index in [0.717, 1.165) is 37.3 Å². The van der Waals surface area contributed by atoms with Crippen molar-refractivity contribution in [1.29, 1.82) is 0 Å². The molecular formula is C23H22F4N6O2. The number of likely N-dealkylation sites (tertiary alicyclic amines) is 1. The summed E-state index contributed by atoms with van der Waals surface area (Å²) in [6.07, 6.45) is -3.11. The van der Waals surface area contributed by atoms with E-state index in [9.17, 15) is 22.4 Å². The molecule has 35 heavy (non-hydrogen) atoms. The number of piperazine rings is 1. The summed E-state index contributed by atoms with van der Waals surface area (Å²) in [7, 11) is 0. The SMILES string of the molecule is C=C(F)C(=O)N1CC(c2nn(-c3ccc(OC(F)(F)F)cc3)c3nccc(N4CCNCC4)c23)C1. The second-order valence-corrected chi connectivity index (χ2v) is 8.42. The molecule has 2 aliphatic heterocycles. The van der Waals surface area contributed by atoms with Crippen LogP contribution in [0.3, 0.4) is 0 Å². The summed E-state index contributed by atoms with van der Waals surface area (Å²) in [5.74, 6) is -2.25. The van der Waals surface area contributed by atoms with Crippen molar-refractivity contribution < 1.29 is 27.1 Å². The molecule has 2 fully saturated rings. The highest BCUT2D eigenvalue weighted by Crippen LogP contribution is 2.38. The molecule has 4 heterocycles. The maximum absolute atomic E-state index is 13.3. The van der Waals surface area contributed by atoms with Crippen LogP contribution in [0.25, 0.3) is 16.7 Å². The van der Waals surface area contributed by atoms with Gasteiger partial charge in [-0.2, -0.15) is 5.10 Å². The topological polar surface area (TPSA) is 75.5 Å². The fourth-order valence-electron chi connectivity index (χ4n) is 4.47. The number of halogens is 4. The minimum atomic E-state index is -4.79. The molecule has 0 aliphatic carbocycles. The van der Waals surface area contributed by atoms with E-state index in [4.69, 9.17) is 5.10 Å². The van der Waals surface area contributed by atoms with Gasteiger partial charge in [-0.1, -0.05) is 6.58 Å². The average Bonchev–Trinajstić information content (AvgIpc) is 3.17. The molecule has 1 aromatic carbocycles. The van der Waals surface area contributed by atoms with Gasteiger partial charge in [-0.3, -0.25) is 4.79 Å². The van der Waals surface area contributed by atoms with Crippen LogP contribution in [-0.2, 0) is 4.79 Å². The van der Waals surface area contributed by atoms with E-state index in [1.54, 1.807) is 10.9 Å². The molecule has 1 N–H and O–H groups in total. The predicted molar refractivity (Wildman–Crippen MR) is 120 cm³/mol. The first kappa shape index (κ1) is 23.1. The smallest absolute Gasteiger partial charge is 0.406 e. The van der Waals surface area contributed by atoms with Crippen LogP contribution in [0.1, 0.15) is 11.6 Å². The third-order valence-corrected chi connectivity index (χ3v) is 6.13. The molecule has 2 aliphatic rings. The van der Waals surface area contributed by atoms with Gasteiger partial charge in [0.2, 0.25) is 0 Å².